The van der Waals surface area contributed by atoms with Gasteiger partial charge in [-0.2, -0.15) is 0 Å². The number of carbonyl (C=O) groups is 1. The molecule has 0 aromatic carbocycles. The molecule has 1 aliphatic carbocycles. The van der Waals surface area contributed by atoms with E-state index in [9.17, 15) is 13.2 Å². The minimum atomic E-state index is -2.99. The van der Waals surface area contributed by atoms with Crippen LogP contribution in [0.25, 0.3) is 0 Å². The van der Waals surface area contributed by atoms with Crippen LogP contribution in [-0.2, 0) is 21.1 Å². The van der Waals surface area contributed by atoms with Crippen molar-refractivity contribution in [1.29, 1.82) is 0 Å². The number of Topliss-reactive ketones (excluding diaryl/α,β-unsaturated/α-hetero) is 1. The lowest BCUT2D eigenvalue weighted by atomic mass is 9.96. The third-order valence-corrected chi connectivity index (χ3v) is 5.83. The summed E-state index contributed by atoms with van der Waals surface area (Å²) in [6.07, 6.45) is 3.67. The Morgan fingerprint density at radius 2 is 2.30 bits per heavy atom. The number of sulfone groups is 1. The van der Waals surface area contributed by atoms with Crippen molar-refractivity contribution >= 4 is 15.6 Å². The zero-order chi connectivity index (χ0) is 14.2. The van der Waals surface area contributed by atoms with Crippen molar-refractivity contribution in [2.45, 2.75) is 31.2 Å². The Bertz CT molecular complexity index is 627. The second-order valence-electron chi connectivity index (χ2n) is 5.57. The predicted molar refractivity (Wildman–Crippen MR) is 75.4 cm³/mol. The van der Waals surface area contributed by atoms with Crippen LogP contribution in [-0.4, -0.2) is 43.3 Å². The first kappa shape index (κ1) is 13.7. The number of nitrogens with one attached hydrogen (secondary N) is 1. The van der Waals surface area contributed by atoms with Crippen LogP contribution < -0.4 is 5.32 Å². The van der Waals surface area contributed by atoms with Gasteiger partial charge in [0.25, 0.3) is 0 Å². The molecule has 2 unspecified atom stereocenters. The lowest BCUT2D eigenvalue weighted by molar-refractivity contribution is -0.120. The van der Waals surface area contributed by atoms with Gasteiger partial charge in [-0.1, -0.05) is 6.07 Å². The quantitative estimate of drug-likeness (QED) is 0.876. The van der Waals surface area contributed by atoms with Crippen molar-refractivity contribution in [1.82, 2.24) is 10.3 Å². The van der Waals surface area contributed by atoms with Gasteiger partial charge in [0.1, 0.15) is 5.78 Å². The maximum Gasteiger partial charge on any atom is 0.153 e. The van der Waals surface area contributed by atoms with Gasteiger partial charge in [-0.05, 0) is 24.5 Å². The van der Waals surface area contributed by atoms with Crippen molar-refractivity contribution in [3.05, 3.63) is 29.6 Å². The molecule has 0 radical (unpaired) electrons. The van der Waals surface area contributed by atoms with E-state index in [0.29, 0.717) is 6.54 Å². The number of hydrogen-bond donors (Lipinski definition) is 1. The van der Waals surface area contributed by atoms with Crippen LogP contribution in [0, 0.1) is 0 Å². The van der Waals surface area contributed by atoms with E-state index >= 15 is 0 Å². The van der Waals surface area contributed by atoms with Crippen LogP contribution in [0.2, 0.25) is 0 Å². The van der Waals surface area contributed by atoms with Crippen LogP contribution in [0.1, 0.15) is 30.0 Å². The Hall–Kier alpha value is -1.27. The number of carbonyl (C=O) groups excluding carboxylic acids is 1. The molecule has 20 heavy (non-hydrogen) atoms. The lowest BCUT2D eigenvalue weighted by Gasteiger charge is -2.24. The molecule has 0 spiro atoms. The summed E-state index contributed by atoms with van der Waals surface area (Å²) in [4.78, 5) is 16.7. The van der Waals surface area contributed by atoms with Gasteiger partial charge < -0.3 is 5.32 Å². The van der Waals surface area contributed by atoms with Crippen LogP contribution in [0.5, 0.6) is 0 Å². The SMILES string of the molecule is O=C(CC1CS(=O)(=O)CCN1)C1CCc2cccnc21. The van der Waals surface area contributed by atoms with E-state index in [0.717, 1.165) is 24.1 Å². The third-order valence-electron chi connectivity index (χ3n) is 4.10. The van der Waals surface area contributed by atoms with E-state index in [1.165, 1.54) is 0 Å². The van der Waals surface area contributed by atoms with Gasteiger partial charge >= 0.3 is 0 Å². The number of rotatable bonds is 3. The number of fused-ring (bicyclic) bond motifs is 1. The Labute approximate surface area is 118 Å². The minimum absolute atomic E-state index is 0.0700. The maximum absolute atomic E-state index is 12.4. The molecule has 1 fully saturated rings. The standard InChI is InChI=1S/C14H18N2O3S/c17-13(8-11-9-20(18,19)7-6-15-11)12-4-3-10-2-1-5-16-14(10)12/h1-2,5,11-12,15H,3-4,6-9H2. The van der Waals surface area contributed by atoms with E-state index in [4.69, 9.17) is 0 Å². The Morgan fingerprint density at radius 1 is 1.45 bits per heavy atom. The number of aromatic nitrogens is 1. The third kappa shape index (κ3) is 2.76. The summed E-state index contributed by atoms with van der Waals surface area (Å²) >= 11 is 0. The second kappa shape index (κ2) is 5.26. The molecular formula is C14H18N2O3S. The fourth-order valence-corrected chi connectivity index (χ4v) is 4.55. The fraction of sp³-hybridized carbons (Fsp3) is 0.571. The van der Waals surface area contributed by atoms with Gasteiger partial charge in [-0.25, -0.2) is 8.42 Å². The molecule has 3 rings (SSSR count). The van der Waals surface area contributed by atoms with Gasteiger partial charge in [0.05, 0.1) is 23.1 Å². The molecule has 5 nitrogen and oxygen atoms in total. The van der Waals surface area contributed by atoms with E-state index in [2.05, 4.69) is 10.3 Å². The molecule has 1 aliphatic heterocycles. The highest BCUT2D eigenvalue weighted by atomic mass is 32.2. The summed E-state index contributed by atoms with van der Waals surface area (Å²) in [5, 5.41) is 3.13. The monoisotopic (exact) mass is 294 g/mol. The van der Waals surface area contributed by atoms with Gasteiger partial charge in [0, 0.05) is 25.2 Å². The summed E-state index contributed by atoms with van der Waals surface area (Å²) in [5.74, 6) is 0.196. The molecule has 1 N–H and O–H groups in total. The lowest BCUT2D eigenvalue weighted by Crippen LogP contribution is -2.46. The molecule has 0 amide bonds. The van der Waals surface area contributed by atoms with Crippen molar-refractivity contribution in [3.63, 3.8) is 0 Å². The highest BCUT2D eigenvalue weighted by Crippen LogP contribution is 2.32. The number of aryl methyl sites for hydroxylation is 1. The second-order valence-corrected chi connectivity index (χ2v) is 7.80. The minimum Gasteiger partial charge on any atom is -0.312 e. The van der Waals surface area contributed by atoms with E-state index < -0.39 is 9.84 Å². The average molecular weight is 294 g/mol. The summed E-state index contributed by atoms with van der Waals surface area (Å²) in [7, 11) is -2.99. The maximum atomic E-state index is 12.4. The van der Waals surface area contributed by atoms with Crippen molar-refractivity contribution < 1.29 is 13.2 Å². The molecule has 1 aromatic rings. The molecule has 1 aromatic heterocycles. The summed E-state index contributed by atoms with van der Waals surface area (Å²) in [6, 6.07) is 3.66. The first-order chi connectivity index (χ1) is 9.55. The molecule has 1 saturated heterocycles. The molecule has 2 heterocycles. The first-order valence-corrected chi connectivity index (χ1v) is 8.77. The molecule has 108 valence electrons. The molecule has 2 atom stereocenters. The Morgan fingerprint density at radius 3 is 3.10 bits per heavy atom. The van der Waals surface area contributed by atoms with E-state index in [1.807, 2.05) is 12.1 Å². The summed E-state index contributed by atoms with van der Waals surface area (Å²) in [5.41, 5.74) is 2.03. The number of hydrogen-bond acceptors (Lipinski definition) is 5. The molecular weight excluding hydrogens is 276 g/mol. The summed E-state index contributed by atoms with van der Waals surface area (Å²) < 4.78 is 23.2. The summed E-state index contributed by atoms with van der Waals surface area (Å²) in [6.45, 7) is 0.444. The zero-order valence-corrected chi connectivity index (χ0v) is 12.0. The highest BCUT2D eigenvalue weighted by Gasteiger charge is 2.33. The van der Waals surface area contributed by atoms with Gasteiger partial charge in [0.2, 0.25) is 0 Å². The predicted octanol–water partition coefficient (Wildman–Crippen LogP) is 0.457. The largest absolute Gasteiger partial charge is 0.312 e. The van der Waals surface area contributed by atoms with Gasteiger partial charge in [-0.3, -0.25) is 9.78 Å². The van der Waals surface area contributed by atoms with Crippen LogP contribution in [0.3, 0.4) is 0 Å². The number of pyridine rings is 1. The van der Waals surface area contributed by atoms with Crippen molar-refractivity contribution in [2.24, 2.45) is 0 Å². The first-order valence-electron chi connectivity index (χ1n) is 6.95. The van der Waals surface area contributed by atoms with Crippen molar-refractivity contribution in [2.75, 3.05) is 18.1 Å². The highest BCUT2D eigenvalue weighted by molar-refractivity contribution is 7.91. The van der Waals surface area contributed by atoms with E-state index in [-0.39, 0.29) is 35.7 Å². The van der Waals surface area contributed by atoms with E-state index in [1.54, 1.807) is 6.20 Å². The number of ketones is 1. The fourth-order valence-electron chi connectivity index (χ4n) is 3.11. The van der Waals surface area contributed by atoms with Crippen LogP contribution in [0.4, 0.5) is 0 Å². The Kier molecular flexibility index (Phi) is 3.60. The van der Waals surface area contributed by atoms with Crippen molar-refractivity contribution in [3.8, 4) is 0 Å². The zero-order valence-electron chi connectivity index (χ0n) is 11.2. The Balaban J connectivity index is 1.69. The smallest absolute Gasteiger partial charge is 0.153 e. The normalized spacial score (nSPS) is 28.0. The molecule has 0 bridgehead atoms. The number of nitrogens with zero attached hydrogens (tertiary/aromatic N) is 1. The molecule has 0 saturated carbocycles. The van der Waals surface area contributed by atoms with Gasteiger partial charge in [0.15, 0.2) is 9.84 Å². The molecule has 2 aliphatic rings. The van der Waals surface area contributed by atoms with Crippen LogP contribution in [0.15, 0.2) is 18.3 Å². The van der Waals surface area contributed by atoms with Crippen LogP contribution >= 0.6 is 0 Å². The van der Waals surface area contributed by atoms with Gasteiger partial charge in [-0.15, -0.1) is 0 Å². The topological polar surface area (TPSA) is 76.1 Å². The molecule has 6 heteroatoms. The average Bonchev–Trinajstić information content (AvgIpc) is 2.81.